The van der Waals surface area contributed by atoms with E-state index in [1.54, 1.807) is 11.3 Å². The van der Waals surface area contributed by atoms with E-state index >= 15 is 0 Å². The number of thiophene rings is 1. The second-order valence-electron chi connectivity index (χ2n) is 6.30. The average molecular weight is 323 g/mol. The molecule has 0 bridgehead atoms. The highest BCUT2D eigenvalue weighted by molar-refractivity contribution is 7.17. The highest BCUT2D eigenvalue weighted by Crippen LogP contribution is 2.31. The minimum absolute atomic E-state index is 1.04. The number of likely N-dealkylation sites (N-methyl/N-ethyl adjacent to an activating group) is 1. The summed E-state index contributed by atoms with van der Waals surface area (Å²) in [4.78, 5) is 9.35. The SMILES string of the molecule is CN1CCN(Cc2cccc(-c3cncc4sccc34)c2)CC1. The van der Waals surface area contributed by atoms with Gasteiger partial charge in [-0.15, -0.1) is 11.3 Å². The smallest absolute Gasteiger partial charge is 0.0532 e. The summed E-state index contributed by atoms with van der Waals surface area (Å²) in [7, 11) is 2.20. The lowest BCUT2D eigenvalue weighted by Crippen LogP contribution is -2.43. The Morgan fingerprint density at radius 2 is 1.96 bits per heavy atom. The van der Waals surface area contributed by atoms with Crippen molar-refractivity contribution in [2.75, 3.05) is 33.2 Å². The summed E-state index contributed by atoms with van der Waals surface area (Å²) >= 11 is 1.75. The number of fused-ring (bicyclic) bond motifs is 1. The van der Waals surface area contributed by atoms with Gasteiger partial charge < -0.3 is 4.90 Å². The molecule has 0 N–H and O–H groups in total. The van der Waals surface area contributed by atoms with E-state index in [0.717, 1.165) is 32.7 Å². The Balaban J connectivity index is 1.60. The first-order valence-corrected chi connectivity index (χ1v) is 8.99. The summed E-state index contributed by atoms with van der Waals surface area (Å²) in [5.74, 6) is 0. The maximum absolute atomic E-state index is 4.41. The molecule has 3 nitrogen and oxygen atoms in total. The molecule has 23 heavy (non-hydrogen) atoms. The first-order chi connectivity index (χ1) is 11.3. The monoisotopic (exact) mass is 323 g/mol. The van der Waals surface area contributed by atoms with Crippen LogP contribution < -0.4 is 0 Å². The predicted octanol–water partition coefficient (Wildman–Crippen LogP) is 3.71. The highest BCUT2D eigenvalue weighted by Gasteiger charge is 2.14. The van der Waals surface area contributed by atoms with Gasteiger partial charge in [0.2, 0.25) is 0 Å². The van der Waals surface area contributed by atoms with Crippen LogP contribution >= 0.6 is 11.3 Å². The fraction of sp³-hybridized carbons (Fsp3) is 0.316. The van der Waals surface area contributed by atoms with Gasteiger partial charge in [-0.05, 0) is 35.7 Å². The van der Waals surface area contributed by atoms with Gasteiger partial charge >= 0.3 is 0 Å². The van der Waals surface area contributed by atoms with Crippen molar-refractivity contribution in [1.82, 2.24) is 14.8 Å². The van der Waals surface area contributed by atoms with E-state index in [1.807, 2.05) is 12.4 Å². The lowest BCUT2D eigenvalue weighted by Gasteiger charge is -2.32. The molecule has 3 heterocycles. The van der Waals surface area contributed by atoms with E-state index in [4.69, 9.17) is 0 Å². The van der Waals surface area contributed by atoms with Crippen LogP contribution in [0.25, 0.3) is 21.2 Å². The van der Waals surface area contributed by atoms with Crippen molar-refractivity contribution < 1.29 is 0 Å². The van der Waals surface area contributed by atoms with Crippen LogP contribution in [0.1, 0.15) is 5.56 Å². The molecule has 3 aromatic rings. The quantitative estimate of drug-likeness (QED) is 0.732. The Morgan fingerprint density at radius 3 is 2.83 bits per heavy atom. The summed E-state index contributed by atoms with van der Waals surface area (Å²) in [6.45, 7) is 5.68. The van der Waals surface area contributed by atoms with Crippen LogP contribution in [0.4, 0.5) is 0 Å². The number of hydrogen-bond donors (Lipinski definition) is 0. The van der Waals surface area contributed by atoms with Crippen molar-refractivity contribution in [3.8, 4) is 11.1 Å². The summed E-state index contributed by atoms with van der Waals surface area (Å²) in [6, 6.07) is 11.1. The standard InChI is InChI=1S/C19H21N3S/c1-21-6-8-22(9-7-21)14-15-3-2-4-16(11-15)18-12-20-13-19-17(18)5-10-23-19/h2-5,10-13H,6-9,14H2,1H3. The zero-order chi connectivity index (χ0) is 15.6. The number of piperazine rings is 1. The Labute approximate surface area is 141 Å². The van der Waals surface area contributed by atoms with Gasteiger partial charge in [0.25, 0.3) is 0 Å². The third kappa shape index (κ3) is 3.15. The number of rotatable bonds is 3. The van der Waals surface area contributed by atoms with Crippen molar-refractivity contribution in [2.45, 2.75) is 6.54 Å². The van der Waals surface area contributed by atoms with Crippen LogP contribution in [0.15, 0.2) is 48.1 Å². The highest BCUT2D eigenvalue weighted by atomic mass is 32.1. The van der Waals surface area contributed by atoms with Crippen molar-refractivity contribution >= 4 is 21.4 Å². The maximum atomic E-state index is 4.41. The number of pyridine rings is 1. The third-order valence-electron chi connectivity index (χ3n) is 4.62. The molecular weight excluding hydrogens is 302 g/mol. The molecule has 4 rings (SSSR count). The third-order valence-corrected chi connectivity index (χ3v) is 5.47. The van der Waals surface area contributed by atoms with E-state index in [1.165, 1.54) is 26.8 Å². The molecule has 0 saturated carbocycles. The van der Waals surface area contributed by atoms with Crippen LogP contribution in [0, 0.1) is 0 Å². The van der Waals surface area contributed by atoms with E-state index < -0.39 is 0 Å². The number of hydrogen-bond acceptors (Lipinski definition) is 4. The maximum Gasteiger partial charge on any atom is 0.0532 e. The van der Waals surface area contributed by atoms with Crippen molar-refractivity contribution in [1.29, 1.82) is 0 Å². The normalized spacial score (nSPS) is 16.9. The minimum atomic E-state index is 1.04. The molecule has 0 radical (unpaired) electrons. The average Bonchev–Trinajstić information content (AvgIpc) is 3.06. The lowest BCUT2D eigenvalue weighted by molar-refractivity contribution is 0.148. The van der Waals surface area contributed by atoms with E-state index in [-0.39, 0.29) is 0 Å². The molecular formula is C19H21N3S. The Bertz CT molecular complexity index is 803. The van der Waals surface area contributed by atoms with Crippen molar-refractivity contribution in [2.24, 2.45) is 0 Å². The van der Waals surface area contributed by atoms with E-state index in [0.29, 0.717) is 0 Å². The summed E-state index contributed by atoms with van der Waals surface area (Å²) in [6.07, 6.45) is 3.95. The van der Waals surface area contributed by atoms with Gasteiger partial charge in [-0.3, -0.25) is 9.88 Å². The molecule has 1 aromatic carbocycles. The predicted molar refractivity (Wildman–Crippen MR) is 97.8 cm³/mol. The van der Waals surface area contributed by atoms with Crippen LogP contribution in [0.5, 0.6) is 0 Å². The first kappa shape index (κ1) is 14.8. The fourth-order valence-electron chi connectivity index (χ4n) is 3.22. The molecule has 0 atom stereocenters. The molecule has 4 heteroatoms. The van der Waals surface area contributed by atoms with Crippen LogP contribution in [-0.4, -0.2) is 48.0 Å². The van der Waals surface area contributed by atoms with Crippen LogP contribution in [0.3, 0.4) is 0 Å². The summed E-state index contributed by atoms with van der Waals surface area (Å²) in [5.41, 5.74) is 3.90. The van der Waals surface area contributed by atoms with Crippen molar-refractivity contribution in [3.05, 3.63) is 53.7 Å². The molecule has 0 unspecified atom stereocenters. The Hall–Kier alpha value is -1.75. The fourth-order valence-corrected chi connectivity index (χ4v) is 4.00. The number of nitrogens with zero attached hydrogens (tertiary/aromatic N) is 3. The van der Waals surface area contributed by atoms with Crippen LogP contribution in [-0.2, 0) is 6.54 Å². The van der Waals surface area contributed by atoms with Gasteiger partial charge in [-0.1, -0.05) is 18.2 Å². The molecule has 2 aromatic heterocycles. The van der Waals surface area contributed by atoms with Gasteiger partial charge in [-0.25, -0.2) is 0 Å². The molecule has 1 aliphatic heterocycles. The zero-order valence-corrected chi connectivity index (χ0v) is 14.2. The Kier molecular flexibility index (Phi) is 4.12. The first-order valence-electron chi connectivity index (χ1n) is 8.11. The molecule has 118 valence electrons. The Morgan fingerprint density at radius 1 is 1.09 bits per heavy atom. The molecule has 0 spiro atoms. The number of aromatic nitrogens is 1. The van der Waals surface area contributed by atoms with E-state index in [2.05, 4.69) is 57.5 Å². The molecule has 1 aliphatic rings. The summed E-state index contributed by atoms with van der Waals surface area (Å²) < 4.78 is 1.26. The van der Waals surface area contributed by atoms with Gasteiger partial charge in [0.05, 0.1) is 4.70 Å². The largest absolute Gasteiger partial charge is 0.304 e. The van der Waals surface area contributed by atoms with E-state index in [9.17, 15) is 0 Å². The van der Waals surface area contributed by atoms with Gasteiger partial charge in [0, 0.05) is 56.1 Å². The molecule has 1 saturated heterocycles. The van der Waals surface area contributed by atoms with Gasteiger partial charge in [-0.2, -0.15) is 0 Å². The van der Waals surface area contributed by atoms with Gasteiger partial charge in [0.1, 0.15) is 0 Å². The second-order valence-corrected chi connectivity index (χ2v) is 7.25. The molecule has 0 amide bonds. The second kappa shape index (κ2) is 6.40. The van der Waals surface area contributed by atoms with Gasteiger partial charge in [0.15, 0.2) is 0 Å². The van der Waals surface area contributed by atoms with Crippen molar-refractivity contribution in [3.63, 3.8) is 0 Å². The topological polar surface area (TPSA) is 19.4 Å². The minimum Gasteiger partial charge on any atom is -0.304 e. The molecule has 1 fully saturated rings. The van der Waals surface area contributed by atoms with Crippen LogP contribution in [0.2, 0.25) is 0 Å². The zero-order valence-electron chi connectivity index (χ0n) is 13.4. The molecule has 0 aliphatic carbocycles. The number of benzene rings is 1. The lowest BCUT2D eigenvalue weighted by atomic mass is 10.0. The summed E-state index contributed by atoms with van der Waals surface area (Å²) in [5, 5.41) is 3.45.